The van der Waals surface area contributed by atoms with Crippen molar-refractivity contribution in [3.63, 3.8) is 0 Å². The van der Waals surface area contributed by atoms with Crippen LogP contribution in [0.1, 0.15) is 5.56 Å². The fourth-order valence-corrected chi connectivity index (χ4v) is 3.91. The second-order valence-electron chi connectivity index (χ2n) is 4.38. The summed E-state index contributed by atoms with van der Waals surface area (Å²) in [4.78, 5) is 0. The third-order valence-corrected chi connectivity index (χ3v) is 5.96. The Morgan fingerprint density at radius 3 is 2.05 bits per heavy atom. The Morgan fingerprint density at radius 1 is 1.00 bits per heavy atom. The highest BCUT2D eigenvalue weighted by Gasteiger charge is 2.30. The molecule has 0 aliphatic rings. The maximum Gasteiger partial charge on any atom is 0.416 e. The average molecular weight is 334 g/mol. The lowest BCUT2D eigenvalue weighted by Gasteiger charge is -2.19. The van der Waals surface area contributed by atoms with Crippen LogP contribution in [0.25, 0.3) is 0 Å². The van der Waals surface area contributed by atoms with Gasteiger partial charge in [-0.25, -0.2) is 0 Å². The molecule has 0 spiro atoms. The molecule has 0 aromatic heterocycles. The second kappa shape index (κ2) is 6.12. The topological polar surface area (TPSA) is 29.1 Å². The van der Waals surface area contributed by atoms with E-state index in [1.165, 1.54) is 12.1 Å². The summed E-state index contributed by atoms with van der Waals surface area (Å²) in [7, 11) is -3.10. The average Bonchev–Trinajstić information content (AvgIpc) is 2.47. The summed E-state index contributed by atoms with van der Waals surface area (Å²) in [6.07, 6.45) is -4.39. The highest BCUT2D eigenvalue weighted by molar-refractivity contribution is 7.74. The van der Waals surface area contributed by atoms with Crippen molar-refractivity contribution >= 4 is 29.9 Å². The summed E-state index contributed by atoms with van der Waals surface area (Å²) >= 11 is 5.79. The van der Waals surface area contributed by atoms with E-state index in [1.807, 2.05) is 0 Å². The molecule has 2 aromatic rings. The van der Waals surface area contributed by atoms with Crippen LogP contribution >= 0.6 is 18.9 Å². The smallest absolute Gasteiger partial charge is 0.332 e. The zero-order valence-corrected chi connectivity index (χ0v) is 12.4. The van der Waals surface area contributed by atoms with Gasteiger partial charge in [-0.05, 0) is 36.4 Å². The Bertz CT molecular complexity index is 644. The van der Waals surface area contributed by atoms with Gasteiger partial charge in [0.1, 0.15) is 0 Å². The van der Waals surface area contributed by atoms with E-state index in [4.69, 9.17) is 11.6 Å². The summed E-state index contributed by atoms with van der Waals surface area (Å²) in [5, 5.41) is 3.28. The van der Waals surface area contributed by atoms with Crippen molar-refractivity contribution < 1.29 is 17.7 Å². The summed E-state index contributed by atoms with van der Waals surface area (Å²) < 4.78 is 50.2. The molecule has 0 fully saturated rings. The van der Waals surface area contributed by atoms with E-state index in [0.29, 0.717) is 11.0 Å². The molecule has 0 heterocycles. The molecule has 2 rings (SSSR count). The monoisotopic (exact) mass is 333 g/mol. The molecule has 0 saturated heterocycles. The third kappa shape index (κ3) is 3.80. The number of rotatable bonds is 4. The first-order valence-electron chi connectivity index (χ1n) is 6.01. The Hall–Kier alpha value is -1.45. The van der Waals surface area contributed by atoms with Gasteiger partial charge >= 0.3 is 6.18 Å². The molecule has 0 saturated carbocycles. The Morgan fingerprint density at radius 2 is 1.57 bits per heavy atom. The molecule has 7 heteroatoms. The summed E-state index contributed by atoms with van der Waals surface area (Å²) in [6.45, 7) is 0. The minimum absolute atomic E-state index is 0.155. The first-order valence-corrected chi connectivity index (χ1v) is 8.44. The van der Waals surface area contributed by atoms with Gasteiger partial charge in [-0.1, -0.05) is 18.2 Å². The van der Waals surface area contributed by atoms with E-state index >= 15 is 0 Å². The Balaban J connectivity index is 2.26. The van der Waals surface area contributed by atoms with Crippen LogP contribution in [0.15, 0.2) is 54.6 Å². The summed E-state index contributed by atoms with van der Waals surface area (Å²) in [6, 6.07) is 12.9. The SMILES string of the molecule is O=P(CCl)(Nc1ccc(C(F)(F)F)cc1)c1ccccc1. The predicted molar refractivity (Wildman–Crippen MR) is 79.5 cm³/mol. The highest BCUT2D eigenvalue weighted by atomic mass is 35.5. The highest BCUT2D eigenvalue weighted by Crippen LogP contribution is 2.45. The van der Waals surface area contributed by atoms with Gasteiger partial charge in [0.25, 0.3) is 0 Å². The van der Waals surface area contributed by atoms with Crippen molar-refractivity contribution in [3.8, 4) is 0 Å². The summed E-state index contributed by atoms with van der Waals surface area (Å²) in [5.41, 5.74) is -0.581. The third-order valence-electron chi connectivity index (χ3n) is 2.86. The van der Waals surface area contributed by atoms with Crippen molar-refractivity contribution in [2.24, 2.45) is 0 Å². The molecular formula is C14H12ClF3NOP. The molecule has 0 aliphatic carbocycles. The van der Waals surface area contributed by atoms with Crippen molar-refractivity contribution in [1.29, 1.82) is 0 Å². The molecule has 2 nitrogen and oxygen atoms in total. The first-order chi connectivity index (χ1) is 9.85. The molecule has 1 atom stereocenters. The van der Waals surface area contributed by atoms with Gasteiger partial charge in [0.15, 0.2) is 0 Å². The minimum atomic E-state index is -4.39. The zero-order chi connectivity index (χ0) is 15.5. The van der Waals surface area contributed by atoms with E-state index in [-0.39, 0.29) is 5.62 Å². The van der Waals surface area contributed by atoms with Crippen LogP contribution < -0.4 is 10.4 Å². The second-order valence-corrected chi connectivity index (χ2v) is 7.56. The number of halogens is 4. The molecule has 0 amide bonds. The lowest BCUT2D eigenvalue weighted by atomic mass is 10.2. The standard InChI is InChI=1S/C14H12ClF3NOP/c15-10-21(20,13-4-2-1-3-5-13)19-12-8-6-11(7-9-12)14(16,17)18/h1-9H,10H2,(H,19,20). The van der Waals surface area contributed by atoms with Gasteiger partial charge in [0.05, 0.1) is 11.2 Å². The lowest BCUT2D eigenvalue weighted by Crippen LogP contribution is -2.12. The largest absolute Gasteiger partial charge is 0.416 e. The van der Waals surface area contributed by atoms with Crippen LogP contribution in [0.2, 0.25) is 0 Å². The molecule has 0 aliphatic heterocycles. The number of benzene rings is 2. The summed E-state index contributed by atoms with van der Waals surface area (Å²) in [5.74, 6) is 0. The number of anilines is 1. The van der Waals surface area contributed by atoms with Crippen LogP contribution in [0.4, 0.5) is 18.9 Å². The van der Waals surface area contributed by atoms with E-state index in [0.717, 1.165) is 12.1 Å². The normalized spacial score (nSPS) is 14.5. The van der Waals surface area contributed by atoms with Crippen molar-refractivity contribution in [2.45, 2.75) is 6.18 Å². The maximum atomic E-state index is 12.8. The van der Waals surface area contributed by atoms with Gasteiger partial charge in [0, 0.05) is 11.0 Å². The zero-order valence-electron chi connectivity index (χ0n) is 10.8. The lowest BCUT2D eigenvalue weighted by molar-refractivity contribution is -0.137. The van der Waals surface area contributed by atoms with Crippen LogP contribution in [-0.4, -0.2) is 5.62 Å². The molecule has 1 N–H and O–H groups in total. The number of alkyl halides is 4. The molecule has 21 heavy (non-hydrogen) atoms. The molecular weight excluding hydrogens is 322 g/mol. The molecule has 0 bridgehead atoms. The van der Waals surface area contributed by atoms with Gasteiger partial charge in [0.2, 0.25) is 7.29 Å². The number of hydrogen-bond acceptors (Lipinski definition) is 1. The maximum absolute atomic E-state index is 12.8. The fraction of sp³-hybridized carbons (Fsp3) is 0.143. The minimum Gasteiger partial charge on any atom is -0.332 e. The van der Waals surface area contributed by atoms with Gasteiger partial charge in [-0.2, -0.15) is 13.2 Å². The van der Waals surface area contributed by atoms with E-state index in [1.54, 1.807) is 30.3 Å². The van der Waals surface area contributed by atoms with Crippen LogP contribution in [0.3, 0.4) is 0 Å². The Labute approximate surface area is 125 Å². The Kier molecular flexibility index (Phi) is 4.64. The van der Waals surface area contributed by atoms with Gasteiger partial charge in [-0.15, -0.1) is 11.6 Å². The van der Waals surface area contributed by atoms with Gasteiger partial charge < -0.3 is 5.09 Å². The molecule has 1 unspecified atom stereocenters. The van der Waals surface area contributed by atoms with Crippen molar-refractivity contribution in [1.82, 2.24) is 0 Å². The predicted octanol–water partition coefficient (Wildman–Crippen LogP) is 4.92. The molecule has 112 valence electrons. The van der Waals surface area contributed by atoms with E-state index in [9.17, 15) is 17.7 Å². The number of hydrogen-bond donors (Lipinski definition) is 1. The van der Waals surface area contributed by atoms with Crippen molar-refractivity contribution in [3.05, 3.63) is 60.2 Å². The van der Waals surface area contributed by atoms with E-state index in [2.05, 4.69) is 5.09 Å². The fourth-order valence-electron chi connectivity index (χ4n) is 1.77. The quantitative estimate of drug-likeness (QED) is 0.636. The van der Waals surface area contributed by atoms with Crippen LogP contribution in [0.5, 0.6) is 0 Å². The first kappa shape index (κ1) is 15.9. The van der Waals surface area contributed by atoms with Crippen LogP contribution in [0, 0.1) is 0 Å². The van der Waals surface area contributed by atoms with Crippen LogP contribution in [-0.2, 0) is 10.7 Å². The van der Waals surface area contributed by atoms with Crippen molar-refractivity contribution in [2.75, 3.05) is 10.7 Å². The van der Waals surface area contributed by atoms with Gasteiger partial charge in [-0.3, -0.25) is 4.57 Å². The number of nitrogens with one attached hydrogen (secondary N) is 1. The molecule has 2 aromatic carbocycles. The van der Waals surface area contributed by atoms with E-state index < -0.39 is 19.0 Å². The molecule has 0 radical (unpaired) electrons.